The standard InChI is InChI=1S/C12H16FN3O2/c1-14-7-9-4-5-15(8-9)12-3-2-10(16(17)18)6-11(12)13/h2-3,6,9,14H,4-5,7-8H2,1H3. The van der Waals surface area contributed by atoms with Gasteiger partial charge in [0.05, 0.1) is 16.7 Å². The van der Waals surface area contributed by atoms with Crippen LogP contribution in [0.15, 0.2) is 18.2 Å². The van der Waals surface area contributed by atoms with E-state index in [4.69, 9.17) is 0 Å². The fraction of sp³-hybridized carbons (Fsp3) is 0.500. The van der Waals surface area contributed by atoms with E-state index in [1.807, 2.05) is 11.9 Å². The van der Waals surface area contributed by atoms with Crippen LogP contribution >= 0.6 is 0 Å². The number of anilines is 1. The van der Waals surface area contributed by atoms with Gasteiger partial charge in [-0.2, -0.15) is 0 Å². The predicted molar refractivity (Wildman–Crippen MR) is 67.3 cm³/mol. The fourth-order valence-corrected chi connectivity index (χ4v) is 2.37. The van der Waals surface area contributed by atoms with Crippen LogP contribution in [0.1, 0.15) is 6.42 Å². The maximum absolute atomic E-state index is 13.8. The van der Waals surface area contributed by atoms with Crippen molar-refractivity contribution in [3.63, 3.8) is 0 Å². The molecule has 1 aromatic carbocycles. The smallest absolute Gasteiger partial charge is 0.272 e. The SMILES string of the molecule is CNCC1CCN(c2ccc([N+](=O)[O-])cc2F)C1. The summed E-state index contributed by atoms with van der Waals surface area (Å²) >= 11 is 0. The van der Waals surface area contributed by atoms with Crippen LogP contribution in [0.3, 0.4) is 0 Å². The van der Waals surface area contributed by atoms with Gasteiger partial charge >= 0.3 is 0 Å². The molecule has 1 aliphatic heterocycles. The lowest BCUT2D eigenvalue weighted by Gasteiger charge is -2.19. The second-order valence-corrected chi connectivity index (χ2v) is 4.55. The van der Waals surface area contributed by atoms with Crippen LogP contribution in [0.5, 0.6) is 0 Å². The Morgan fingerprint density at radius 2 is 2.39 bits per heavy atom. The first-order valence-electron chi connectivity index (χ1n) is 5.95. The Morgan fingerprint density at radius 1 is 1.61 bits per heavy atom. The number of nitro benzene ring substituents is 1. The normalized spacial score (nSPS) is 19.2. The number of non-ortho nitro benzene ring substituents is 1. The molecule has 1 N–H and O–H groups in total. The molecule has 1 atom stereocenters. The maximum atomic E-state index is 13.8. The Hall–Kier alpha value is -1.69. The molecular formula is C12H16FN3O2. The molecule has 0 aliphatic carbocycles. The third-order valence-corrected chi connectivity index (χ3v) is 3.26. The summed E-state index contributed by atoms with van der Waals surface area (Å²) < 4.78 is 13.8. The summed E-state index contributed by atoms with van der Waals surface area (Å²) in [6.45, 7) is 2.49. The lowest BCUT2D eigenvalue weighted by Crippen LogP contribution is -2.24. The highest BCUT2D eigenvalue weighted by atomic mass is 19.1. The summed E-state index contributed by atoms with van der Waals surface area (Å²) in [6.07, 6.45) is 1.01. The van der Waals surface area contributed by atoms with Gasteiger partial charge in [-0.25, -0.2) is 4.39 Å². The van der Waals surface area contributed by atoms with Gasteiger partial charge in [-0.05, 0) is 32.0 Å². The molecule has 98 valence electrons. The van der Waals surface area contributed by atoms with E-state index in [1.165, 1.54) is 12.1 Å². The number of nitrogens with one attached hydrogen (secondary N) is 1. The summed E-state index contributed by atoms with van der Waals surface area (Å²) in [6, 6.07) is 3.83. The molecule has 1 saturated heterocycles. The molecule has 1 aromatic rings. The van der Waals surface area contributed by atoms with Crippen molar-refractivity contribution in [3.8, 4) is 0 Å². The van der Waals surface area contributed by atoms with Crippen LogP contribution in [-0.2, 0) is 0 Å². The third-order valence-electron chi connectivity index (χ3n) is 3.26. The lowest BCUT2D eigenvalue weighted by atomic mass is 10.1. The molecule has 0 saturated carbocycles. The molecule has 1 unspecified atom stereocenters. The van der Waals surface area contributed by atoms with Crippen LogP contribution < -0.4 is 10.2 Å². The highest BCUT2D eigenvalue weighted by molar-refractivity contribution is 5.53. The molecule has 18 heavy (non-hydrogen) atoms. The molecule has 1 aliphatic rings. The van der Waals surface area contributed by atoms with Crippen molar-refractivity contribution in [3.05, 3.63) is 34.1 Å². The first kappa shape index (κ1) is 12.8. The number of halogens is 1. The van der Waals surface area contributed by atoms with E-state index in [9.17, 15) is 14.5 Å². The Kier molecular flexibility index (Phi) is 3.76. The molecule has 1 heterocycles. The van der Waals surface area contributed by atoms with E-state index < -0.39 is 10.7 Å². The average Bonchev–Trinajstić information content (AvgIpc) is 2.77. The minimum Gasteiger partial charge on any atom is -0.369 e. The zero-order valence-electron chi connectivity index (χ0n) is 10.2. The van der Waals surface area contributed by atoms with Gasteiger partial charge in [0.15, 0.2) is 5.82 Å². The minimum atomic E-state index is -0.583. The highest BCUT2D eigenvalue weighted by Gasteiger charge is 2.24. The molecule has 0 aromatic heterocycles. The van der Waals surface area contributed by atoms with E-state index in [2.05, 4.69) is 5.32 Å². The Bertz CT molecular complexity index is 453. The maximum Gasteiger partial charge on any atom is 0.272 e. The van der Waals surface area contributed by atoms with Crippen molar-refractivity contribution < 1.29 is 9.31 Å². The van der Waals surface area contributed by atoms with E-state index in [-0.39, 0.29) is 5.69 Å². The predicted octanol–water partition coefficient (Wildman–Crippen LogP) is 1.78. The molecule has 1 fully saturated rings. The zero-order valence-corrected chi connectivity index (χ0v) is 10.2. The zero-order chi connectivity index (χ0) is 13.1. The van der Waals surface area contributed by atoms with Gasteiger partial charge in [0.25, 0.3) is 5.69 Å². The van der Waals surface area contributed by atoms with Gasteiger partial charge in [0, 0.05) is 19.2 Å². The van der Waals surface area contributed by atoms with Gasteiger partial charge < -0.3 is 10.2 Å². The molecule has 0 radical (unpaired) electrons. The van der Waals surface area contributed by atoms with Crippen molar-refractivity contribution in [2.45, 2.75) is 6.42 Å². The minimum absolute atomic E-state index is 0.206. The monoisotopic (exact) mass is 253 g/mol. The number of benzene rings is 1. The van der Waals surface area contributed by atoms with Crippen molar-refractivity contribution in [2.24, 2.45) is 5.92 Å². The lowest BCUT2D eigenvalue weighted by molar-refractivity contribution is -0.385. The average molecular weight is 253 g/mol. The van der Waals surface area contributed by atoms with Gasteiger partial charge in [-0.3, -0.25) is 10.1 Å². The highest BCUT2D eigenvalue weighted by Crippen LogP contribution is 2.28. The van der Waals surface area contributed by atoms with Crippen molar-refractivity contribution in [1.29, 1.82) is 0 Å². The first-order chi connectivity index (χ1) is 8.61. The molecule has 0 spiro atoms. The second-order valence-electron chi connectivity index (χ2n) is 4.55. The van der Waals surface area contributed by atoms with Crippen LogP contribution in [0, 0.1) is 21.8 Å². The number of nitrogens with zero attached hydrogens (tertiary/aromatic N) is 2. The molecule has 0 bridgehead atoms. The van der Waals surface area contributed by atoms with Crippen molar-refractivity contribution >= 4 is 11.4 Å². The summed E-state index contributed by atoms with van der Waals surface area (Å²) in [7, 11) is 1.90. The molecular weight excluding hydrogens is 237 g/mol. The topological polar surface area (TPSA) is 58.4 Å². The Labute approximate surface area is 105 Å². The summed E-state index contributed by atoms with van der Waals surface area (Å²) in [5.41, 5.74) is 0.251. The first-order valence-corrected chi connectivity index (χ1v) is 5.95. The second kappa shape index (κ2) is 5.30. The fourth-order valence-electron chi connectivity index (χ4n) is 2.37. The molecule has 0 amide bonds. The molecule has 6 heteroatoms. The van der Waals surface area contributed by atoms with Crippen molar-refractivity contribution in [2.75, 3.05) is 31.6 Å². The molecule has 2 rings (SSSR count). The van der Waals surface area contributed by atoms with Gasteiger partial charge in [0.1, 0.15) is 0 Å². The van der Waals surface area contributed by atoms with Gasteiger partial charge in [0.2, 0.25) is 0 Å². The van der Waals surface area contributed by atoms with Crippen molar-refractivity contribution in [1.82, 2.24) is 5.32 Å². The number of hydrogen-bond acceptors (Lipinski definition) is 4. The van der Waals surface area contributed by atoms with E-state index in [0.29, 0.717) is 11.6 Å². The largest absolute Gasteiger partial charge is 0.369 e. The van der Waals surface area contributed by atoms with Gasteiger partial charge in [-0.1, -0.05) is 0 Å². The summed E-state index contributed by atoms with van der Waals surface area (Å²) in [4.78, 5) is 11.9. The third kappa shape index (κ3) is 2.59. The van der Waals surface area contributed by atoms with Crippen LogP contribution in [0.25, 0.3) is 0 Å². The summed E-state index contributed by atoms with van der Waals surface area (Å²) in [5, 5.41) is 13.7. The van der Waals surface area contributed by atoms with Crippen LogP contribution in [-0.4, -0.2) is 31.6 Å². The number of nitro groups is 1. The van der Waals surface area contributed by atoms with E-state index >= 15 is 0 Å². The van der Waals surface area contributed by atoms with E-state index in [0.717, 1.165) is 32.1 Å². The number of hydrogen-bond donors (Lipinski definition) is 1. The Balaban J connectivity index is 2.12. The molecule has 5 nitrogen and oxygen atoms in total. The summed E-state index contributed by atoms with van der Waals surface area (Å²) in [5.74, 6) is -0.0149. The van der Waals surface area contributed by atoms with Gasteiger partial charge in [-0.15, -0.1) is 0 Å². The number of rotatable bonds is 4. The van der Waals surface area contributed by atoms with Crippen LogP contribution in [0.2, 0.25) is 0 Å². The van der Waals surface area contributed by atoms with Crippen LogP contribution in [0.4, 0.5) is 15.8 Å². The van der Waals surface area contributed by atoms with E-state index in [1.54, 1.807) is 0 Å². The Morgan fingerprint density at radius 3 is 3.00 bits per heavy atom. The quantitative estimate of drug-likeness (QED) is 0.656.